The van der Waals surface area contributed by atoms with E-state index in [1.54, 1.807) is 6.07 Å². The van der Waals surface area contributed by atoms with E-state index < -0.39 is 6.09 Å². The van der Waals surface area contributed by atoms with Crippen LogP contribution < -0.4 is 15.2 Å². The van der Waals surface area contributed by atoms with Crippen molar-refractivity contribution in [2.24, 2.45) is 5.73 Å². The fourth-order valence-electron chi connectivity index (χ4n) is 3.26. The molecule has 7 heteroatoms. The first-order chi connectivity index (χ1) is 16.6. The van der Waals surface area contributed by atoms with Crippen molar-refractivity contribution < 1.29 is 19.0 Å². The highest BCUT2D eigenvalue weighted by atomic mass is 16.6. The number of hydrogen-bond acceptors (Lipinski definition) is 6. The summed E-state index contributed by atoms with van der Waals surface area (Å²) in [5.41, 5.74) is 7.89. The molecule has 1 atom stereocenters. The van der Waals surface area contributed by atoms with Gasteiger partial charge in [-0.2, -0.15) is 9.97 Å². The molecule has 3 rings (SSSR count). The van der Waals surface area contributed by atoms with Gasteiger partial charge in [-0.05, 0) is 23.6 Å². The second-order valence-electron chi connectivity index (χ2n) is 7.80. The second-order valence-corrected chi connectivity index (χ2v) is 7.80. The van der Waals surface area contributed by atoms with E-state index in [4.69, 9.17) is 19.9 Å². The third kappa shape index (κ3) is 8.94. The predicted octanol–water partition coefficient (Wildman–Crippen LogP) is 5.69. The van der Waals surface area contributed by atoms with Gasteiger partial charge in [0.25, 0.3) is 0 Å². The molecule has 2 N–H and O–H groups in total. The van der Waals surface area contributed by atoms with Crippen molar-refractivity contribution in [1.29, 1.82) is 0 Å². The zero-order valence-corrected chi connectivity index (χ0v) is 19.4. The maximum Gasteiger partial charge on any atom is 0.404 e. The number of nitrogens with zero attached hydrogens (tertiary/aromatic N) is 2. The van der Waals surface area contributed by atoms with E-state index in [1.807, 2.05) is 72.8 Å². The van der Waals surface area contributed by atoms with Crippen LogP contribution in [0.25, 0.3) is 6.08 Å². The molecular formula is C27H31N3O4. The number of rotatable bonds is 13. The summed E-state index contributed by atoms with van der Waals surface area (Å²) < 4.78 is 17.0. The van der Waals surface area contributed by atoms with E-state index in [-0.39, 0.29) is 12.1 Å². The monoisotopic (exact) mass is 461 g/mol. The number of unbranched alkanes of at least 4 members (excludes halogenated alkanes) is 1. The second kappa shape index (κ2) is 13.6. The number of aromatic nitrogens is 2. The number of benzene rings is 2. The van der Waals surface area contributed by atoms with E-state index in [1.165, 1.54) is 0 Å². The summed E-state index contributed by atoms with van der Waals surface area (Å²) in [6.07, 6.45) is 5.98. The first kappa shape index (κ1) is 24.8. The van der Waals surface area contributed by atoms with Crippen molar-refractivity contribution >= 4 is 12.2 Å². The van der Waals surface area contributed by atoms with Crippen molar-refractivity contribution in [3.63, 3.8) is 0 Å². The highest BCUT2D eigenvalue weighted by Crippen LogP contribution is 2.19. The maximum absolute atomic E-state index is 11.2. The van der Waals surface area contributed by atoms with Crippen molar-refractivity contribution in [2.45, 2.75) is 51.9 Å². The molecule has 1 amide bonds. The highest BCUT2D eigenvalue weighted by molar-refractivity contribution is 5.64. The summed E-state index contributed by atoms with van der Waals surface area (Å²) in [4.78, 5) is 20.1. The van der Waals surface area contributed by atoms with Crippen molar-refractivity contribution in [3.8, 4) is 11.9 Å². The van der Waals surface area contributed by atoms with Gasteiger partial charge in [-0.1, -0.05) is 86.5 Å². The molecule has 0 aliphatic carbocycles. The van der Waals surface area contributed by atoms with Crippen LogP contribution in [0.4, 0.5) is 4.79 Å². The lowest BCUT2D eigenvalue weighted by Gasteiger charge is -2.14. The van der Waals surface area contributed by atoms with Crippen LogP contribution in [0.3, 0.4) is 0 Å². The molecule has 1 aromatic heterocycles. The molecule has 2 aromatic carbocycles. The lowest BCUT2D eigenvalue weighted by Crippen LogP contribution is -2.22. The quantitative estimate of drug-likeness (QED) is 0.351. The fraction of sp³-hybridized carbons (Fsp3) is 0.296. The zero-order chi connectivity index (χ0) is 24.0. The Balaban J connectivity index is 1.72. The van der Waals surface area contributed by atoms with Crippen molar-refractivity contribution in [2.75, 3.05) is 0 Å². The van der Waals surface area contributed by atoms with Gasteiger partial charge in [0.2, 0.25) is 5.88 Å². The number of carbonyl (C=O) groups excluding carboxylic acids is 1. The Labute approximate surface area is 200 Å². The van der Waals surface area contributed by atoms with Gasteiger partial charge in [0.15, 0.2) is 0 Å². The molecule has 0 saturated carbocycles. The fourth-order valence-corrected chi connectivity index (χ4v) is 3.26. The van der Waals surface area contributed by atoms with Gasteiger partial charge in [0, 0.05) is 12.5 Å². The van der Waals surface area contributed by atoms with E-state index in [9.17, 15) is 4.79 Å². The first-order valence-corrected chi connectivity index (χ1v) is 11.5. The Morgan fingerprint density at radius 2 is 1.62 bits per heavy atom. The molecule has 0 spiro atoms. The smallest absolute Gasteiger partial charge is 0.404 e. The number of amides is 1. The molecule has 0 unspecified atom stereocenters. The Kier molecular flexibility index (Phi) is 9.93. The van der Waals surface area contributed by atoms with Crippen molar-refractivity contribution in [3.05, 3.63) is 89.6 Å². The van der Waals surface area contributed by atoms with Crippen LogP contribution in [0.5, 0.6) is 11.9 Å². The van der Waals surface area contributed by atoms with Crippen LogP contribution in [0.2, 0.25) is 0 Å². The molecular weight excluding hydrogens is 430 g/mol. The minimum Gasteiger partial charge on any atom is -0.473 e. The Morgan fingerprint density at radius 1 is 0.971 bits per heavy atom. The van der Waals surface area contributed by atoms with Gasteiger partial charge < -0.3 is 19.9 Å². The lowest BCUT2D eigenvalue weighted by atomic mass is 10.1. The highest BCUT2D eigenvalue weighted by Gasteiger charge is 2.11. The molecule has 0 aliphatic heterocycles. The number of carbonyl (C=O) groups is 1. The van der Waals surface area contributed by atoms with Crippen LogP contribution >= 0.6 is 0 Å². The number of ether oxygens (including phenoxy) is 3. The van der Waals surface area contributed by atoms with Crippen LogP contribution in [0.1, 0.15) is 49.4 Å². The minimum absolute atomic E-state index is 0.227. The summed E-state index contributed by atoms with van der Waals surface area (Å²) in [5, 5.41) is 0. The third-order valence-corrected chi connectivity index (χ3v) is 4.99. The van der Waals surface area contributed by atoms with E-state index >= 15 is 0 Å². The van der Waals surface area contributed by atoms with Crippen LogP contribution in [-0.4, -0.2) is 22.2 Å². The molecule has 0 aliphatic rings. The van der Waals surface area contributed by atoms with Crippen LogP contribution in [-0.2, 0) is 18.0 Å². The molecule has 0 saturated heterocycles. The number of hydrogen-bond donors (Lipinski definition) is 1. The number of primary amides is 1. The molecule has 1 heterocycles. The topological polar surface area (TPSA) is 96.6 Å². The lowest BCUT2D eigenvalue weighted by molar-refractivity contribution is 0.101. The molecule has 0 bridgehead atoms. The molecule has 34 heavy (non-hydrogen) atoms. The summed E-state index contributed by atoms with van der Waals surface area (Å²) in [6.45, 7) is 2.81. The van der Waals surface area contributed by atoms with Gasteiger partial charge in [-0.15, -0.1) is 0 Å². The van der Waals surface area contributed by atoms with Crippen LogP contribution in [0.15, 0.2) is 72.8 Å². The summed E-state index contributed by atoms with van der Waals surface area (Å²) in [5.74, 6) is 0.414. The summed E-state index contributed by atoms with van der Waals surface area (Å²) >= 11 is 0. The predicted molar refractivity (Wildman–Crippen MR) is 131 cm³/mol. The van der Waals surface area contributed by atoms with Crippen molar-refractivity contribution in [1.82, 2.24) is 9.97 Å². The third-order valence-electron chi connectivity index (χ3n) is 4.99. The molecule has 0 radical (unpaired) electrons. The molecule has 178 valence electrons. The standard InChI is InChI=1S/C27H31N3O4/c1-2-3-16-24(34-26(28)31)17-10-15-23-18-25(32-19-21-11-6-4-7-12-21)30-27(29-23)33-20-22-13-8-5-9-14-22/h4-15,18,24H,2-3,16-17,19-20H2,1H3,(H2,28,31)/b15-10-/t24-/m0/s1. The number of nitrogens with two attached hydrogens (primary N) is 1. The van der Waals surface area contributed by atoms with Gasteiger partial charge in [0.05, 0.1) is 5.69 Å². The first-order valence-electron chi connectivity index (χ1n) is 11.5. The largest absolute Gasteiger partial charge is 0.473 e. The SMILES string of the molecule is CCCC[C@@H](C/C=C\c1cc(OCc2ccccc2)nc(OCc2ccccc2)n1)OC(N)=O. The van der Waals surface area contributed by atoms with Gasteiger partial charge >= 0.3 is 12.1 Å². The van der Waals surface area contributed by atoms with Gasteiger partial charge in [0.1, 0.15) is 19.3 Å². The molecule has 3 aromatic rings. The Bertz CT molecular complexity index is 981. The average molecular weight is 462 g/mol. The van der Waals surface area contributed by atoms with Crippen LogP contribution in [0, 0.1) is 0 Å². The summed E-state index contributed by atoms with van der Waals surface area (Å²) in [6, 6.07) is 21.7. The van der Waals surface area contributed by atoms with Gasteiger partial charge in [-0.25, -0.2) is 4.79 Å². The Morgan fingerprint density at radius 3 is 2.24 bits per heavy atom. The summed E-state index contributed by atoms with van der Waals surface area (Å²) in [7, 11) is 0. The van der Waals surface area contributed by atoms with E-state index in [0.29, 0.717) is 31.2 Å². The average Bonchev–Trinajstić information content (AvgIpc) is 2.85. The molecule has 0 fully saturated rings. The van der Waals surface area contributed by atoms with E-state index in [0.717, 1.165) is 30.4 Å². The molecule has 7 nitrogen and oxygen atoms in total. The normalized spacial score (nSPS) is 11.8. The maximum atomic E-state index is 11.2. The Hall–Kier alpha value is -3.87. The van der Waals surface area contributed by atoms with E-state index in [2.05, 4.69) is 16.9 Å². The zero-order valence-electron chi connectivity index (χ0n) is 19.4. The van der Waals surface area contributed by atoms with Gasteiger partial charge in [-0.3, -0.25) is 0 Å². The minimum atomic E-state index is -0.760.